The Bertz CT molecular complexity index is 3440. The first-order valence-electron chi connectivity index (χ1n) is 21.0. The maximum Gasteiger partial charge on any atom is 0.180 e. The number of aromatic nitrogens is 3. The van der Waals surface area contributed by atoms with Gasteiger partial charge in [-0.3, -0.25) is 0 Å². The van der Waals surface area contributed by atoms with Crippen LogP contribution in [0.3, 0.4) is 0 Å². The zero-order valence-electron chi connectivity index (χ0n) is 33.6. The van der Waals surface area contributed by atoms with Crippen molar-refractivity contribution in [3.05, 3.63) is 224 Å². The van der Waals surface area contributed by atoms with Gasteiger partial charge in [0.1, 0.15) is 16.8 Å². The molecule has 0 bridgehead atoms. The highest BCUT2D eigenvalue weighted by molar-refractivity contribution is 6.13. The molecule has 0 N–H and O–H groups in total. The van der Waals surface area contributed by atoms with E-state index in [1.54, 1.807) is 0 Å². The van der Waals surface area contributed by atoms with E-state index in [0.717, 1.165) is 72.3 Å². The standard InChI is InChI=1S/C58H37N3O/c1-6-18-38(19-7-1)43-30-32-51-49(34-43)50-35-44(39-20-8-2-9-21-39)31-33-52(50)61(51)56-47(40-22-10-3-11-23-40)36-45(37-48(56)41-24-12-4-13-25-41)58-59-54(42-26-14-5-15-27-42)57-55(60-58)46-28-16-17-29-53(46)62-57/h1-37H. The molecule has 0 saturated carbocycles. The van der Waals surface area contributed by atoms with Gasteiger partial charge >= 0.3 is 0 Å². The fourth-order valence-electron chi connectivity index (χ4n) is 9.08. The molecule has 0 aliphatic heterocycles. The molecule has 0 fully saturated rings. The van der Waals surface area contributed by atoms with E-state index >= 15 is 0 Å². The lowest BCUT2D eigenvalue weighted by Crippen LogP contribution is -2.03. The van der Waals surface area contributed by atoms with Gasteiger partial charge in [0.2, 0.25) is 0 Å². The minimum absolute atomic E-state index is 0.631. The Morgan fingerprint density at radius 1 is 0.339 bits per heavy atom. The van der Waals surface area contributed by atoms with Crippen molar-refractivity contribution in [2.45, 2.75) is 0 Å². The predicted molar refractivity (Wildman–Crippen MR) is 256 cm³/mol. The van der Waals surface area contributed by atoms with Crippen LogP contribution in [-0.4, -0.2) is 14.5 Å². The van der Waals surface area contributed by atoms with Crippen molar-refractivity contribution in [1.82, 2.24) is 14.5 Å². The molecule has 3 heterocycles. The predicted octanol–water partition coefficient (Wildman–Crippen LogP) is 15.5. The zero-order chi connectivity index (χ0) is 41.0. The highest BCUT2D eigenvalue weighted by Gasteiger charge is 2.24. The van der Waals surface area contributed by atoms with Crippen molar-refractivity contribution < 1.29 is 4.42 Å². The highest BCUT2D eigenvalue weighted by Crippen LogP contribution is 2.45. The van der Waals surface area contributed by atoms with Crippen molar-refractivity contribution in [2.24, 2.45) is 0 Å². The van der Waals surface area contributed by atoms with Crippen LogP contribution in [0.5, 0.6) is 0 Å². The molecule has 3 aromatic heterocycles. The van der Waals surface area contributed by atoms with E-state index in [1.807, 2.05) is 36.4 Å². The van der Waals surface area contributed by atoms with Crippen LogP contribution in [0.4, 0.5) is 0 Å². The van der Waals surface area contributed by atoms with Gasteiger partial charge in [-0.25, -0.2) is 9.97 Å². The fraction of sp³-hybridized carbons (Fsp3) is 0. The Morgan fingerprint density at radius 3 is 1.31 bits per heavy atom. The third-order valence-electron chi connectivity index (χ3n) is 12.0. The number of furan rings is 1. The molecule has 9 aromatic carbocycles. The average Bonchev–Trinajstić information content (AvgIpc) is 3.89. The Balaban J connectivity index is 1.19. The Kier molecular flexibility index (Phi) is 8.46. The van der Waals surface area contributed by atoms with Gasteiger partial charge in [0.05, 0.1) is 16.7 Å². The second kappa shape index (κ2) is 14.7. The third kappa shape index (κ3) is 6.00. The van der Waals surface area contributed by atoms with Gasteiger partial charge in [0.25, 0.3) is 0 Å². The van der Waals surface area contributed by atoms with Crippen molar-refractivity contribution in [3.63, 3.8) is 0 Å². The van der Waals surface area contributed by atoms with Crippen LogP contribution < -0.4 is 0 Å². The van der Waals surface area contributed by atoms with Crippen LogP contribution in [0.15, 0.2) is 229 Å². The molecule has 0 spiro atoms. The molecule has 0 unspecified atom stereocenters. The second-order valence-corrected chi connectivity index (χ2v) is 15.7. The number of benzene rings is 9. The first-order chi connectivity index (χ1) is 30.7. The Labute approximate surface area is 358 Å². The lowest BCUT2D eigenvalue weighted by molar-refractivity contribution is 0.667. The maximum absolute atomic E-state index is 6.51. The number of nitrogens with zero attached hydrogens (tertiary/aromatic N) is 3. The summed E-state index contributed by atoms with van der Waals surface area (Å²) in [6.45, 7) is 0. The summed E-state index contributed by atoms with van der Waals surface area (Å²) < 4.78 is 8.99. The highest BCUT2D eigenvalue weighted by atomic mass is 16.3. The van der Waals surface area contributed by atoms with E-state index in [0.29, 0.717) is 11.4 Å². The van der Waals surface area contributed by atoms with E-state index in [-0.39, 0.29) is 0 Å². The summed E-state index contributed by atoms with van der Waals surface area (Å²) in [5.41, 5.74) is 17.3. The smallest absolute Gasteiger partial charge is 0.180 e. The number of para-hydroxylation sites is 1. The number of fused-ring (bicyclic) bond motifs is 6. The molecule has 4 nitrogen and oxygen atoms in total. The summed E-state index contributed by atoms with van der Waals surface area (Å²) in [5, 5.41) is 3.34. The minimum atomic E-state index is 0.631. The summed E-state index contributed by atoms with van der Waals surface area (Å²) in [6, 6.07) is 79.5. The van der Waals surface area contributed by atoms with Crippen LogP contribution in [-0.2, 0) is 0 Å². The summed E-state index contributed by atoms with van der Waals surface area (Å²) >= 11 is 0. The van der Waals surface area contributed by atoms with E-state index in [1.165, 1.54) is 33.0 Å². The van der Waals surface area contributed by atoms with E-state index in [4.69, 9.17) is 14.4 Å². The summed E-state index contributed by atoms with van der Waals surface area (Å²) in [7, 11) is 0. The molecule has 0 radical (unpaired) electrons. The van der Waals surface area contributed by atoms with Gasteiger partial charge < -0.3 is 8.98 Å². The first kappa shape index (κ1) is 35.6. The van der Waals surface area contributed by atoms with Crippen molar-refractivity contribution in [1.29, 1.82) is 0 Å². The van der Waals surface area contributed by atoms with Crippen LogP contribution in [0.2, 0.25) is 0 Å². The molecule has 12 aromatic rings. The zero-order valence-corrected chi connectivity index (χ0v) is 33.6. The molecule has 0 aliphatic carbocycles. The quantitative estimate of drug-likeness (QED) is 0.161. The summed E-state index contributed by atoms with van der Waals surface area (Å²) in [5.74, 6) is 0.631. The summed E-state index contributed by atoms with van der Waals surface area (Å²) in [6.07, 6.45) is 0. The number of hydrogen-bond acceptors (Lipinski definition) is 3. The topological polar surface area (TPSA) is 43.9 Å². The average molecular weight is 792 g/mol. The monoisotopic (exact) mass is 791 g/mol. The molecule has 0 atom stereocenters. The molecule has 12 rings (SSSR count). The molecule has 62 heavy (non-hydrogen) atoms. The van der Waals surface area contributed by atoms with E-state index < -0.39 is 0 Å². The minimum Gasteiger partial charge on any atom is -0.452 e. The molecular formula is C58H37N3O. The maximum atomic E-state index is 6.51. The Morgan fingerprint density at radius 2 is 0.790 bits per heavy atom. The van der Waals surface area contributed by atoms with Gasteiger partial charge in [0.15, 0.2) is 11.4 Å². The van der Waals surface area contributed by atoms with Crippen LogP contribution in [0.25, 0.3) is 117 Å². The molecule has 290 valence electrons. The Hall–Kier alpha value is -8.34. The SMILES string of the molecule is c1ccc(-c2ccc3c(c2)c2cc(-c4ccccc4)ccc2n3-c2c(-c3ccccc3)cc(-c3nc(-c4ccccc4)c4oc5ccccc5c4n3)cc2-c2ccccc2)cc1. The largest absolute Gasteiger partial charge is 0.452 e. The summed E-state index contributed by atoms with van der Waals surface area (Å²) in [4.78, 5) is 10.7. The van der Waals surface area contributed by atoms with E-state index in [9.17, 15) is 0 Å². The van der Waals surface area contributed by atoms with Crippen molar-refractivity contribution in [3.8, 4) is 72.8 Å². The van der Waals surface area contributed by atoms with Gasteiger partial charge in [0, 0.05) is 38.4 Å². The van der Waals surface area contributed by atoms with Crippen molar-refractivity contribution in [2.75, 3.05) is 0 Å². The van der Waals surface area contributed by atoms with Crippen LogP contribution >= 0.6 is 0 Å². The second-order valence-electron chi connectivity index (χ2n) is 15.7. The molecule has 4 heteroatoms. The molecular weight excluding hydrogens is 755 g/mol. The van der Waals surface area contributed by atoms with Crippen LogP contribution in [0.1, 0.15) is 0 Å². The third-order valence-corrected chi connectivity index (χ3v) is 12.0. The van der Waals surface area contributed by atoms with Gasteiger partial charge in [-0.2, -0.15) is 0 Å². The lowest BCUT2D eigenvalue weighted by Gasteiger charge is -2.21. The molecule has 0 saturated heterocycles. The normalized spacial score (nSPS) is 11.5. The number of rotatable bonds is 7. The first-order valence-corrected chi connectivity index (χ1v) is 21.0. The number of hydrogen-bond donors (Lipinski definition) is 0. The van der Waals surface area contributed by atoms with Crippen LogP contribution in [0, 0.1) is 0 Å². The molecule has 0 amide bonds. The molecule has 0 aliphatic rings. The fourth-order valence-corrected chi connectivity index (χ4v) is 9.08. The lowest BCUT2D eigenvalue weighted by atomic mass is 9.92. The van der Waals surface area contributed by atoms with Gasteiger partial charge in [-0.15, -0.1) is 0 Å². The van der Waals surface area contributed by atoms with Gasteiger partial charge in [-0.05, 0) is 81.9 Å². The van der Waals surface area contributed by atoms with Crippen molar-refractivity contribution >= 4 is 43.9 Å². The van der Waals surface area contributed by atoms with Gasteiger partial charge in [-0.1, -0.05) is 176 Å². The van der Waals surface area contributed by atoms with E-state index in [2.05, 4.69) is 193 Å².